The van der Waals surface area contributed by atoms with E-state index < -0.39 is 0 Å². The predicted octanol–water partition coefficient (Wildman–Crippen LogP) is 1.81. The molecule has 5 heteroatoms. The maximum Gasteiger partial charge on any atom is 0.245 e. The fourth-order valence-electron chi connectivity index (χ4n) is 2.40. The first-order valence-corrected chi connectivity index (χ1v) is 7.62. The van der Waals surface area contributed by atoms with Gasteiger partial charge in [0.25, 0.3) is 0 Å². The van der Waals surface area contributed by atoms with Crippen LogP contribution in [0, 0.1) is 0 Å². The highest BCUT2D eigenvalue weighted by molar-refractivity contribution is 7.09. The first kappa shape index (κ1) is 14.1. The lowest BCUT2D eigenvalue weighted by Crippen LogP contribution is -2.47. The van der Waals surface area contributed by atoms with E-state index >= 15 is 0 Å². The molecule has 0 spiro atoms. The maximum absolute atomic E-state index is 12.4. The topological polar surface area (TPSA) is 49.4 Å². The van der Waals surface area contributed by atoms with Gasteiger partial charge in [0.05, 0.1) is 0 Å². The zero-order chi connectivity index (χ0) is 13.8. The zero-order valence-electron chi connectivity index (χ0n) is 11.4. The summed E-state index contributed by atoms with van der Waals surface area (Å²) in [4.78, 5) is 27.1. The summed E-state index contributed by atoms with van der Waals surface area (Å²) in [6, 6.07) is 3.88. The summed E-state index contributed by atoms with van der Waals surface area (Å²) in [6.07, 6.45) is 1.90. The van der Waals surface area contributed by atoms with Gasteiger partial charge in [0.15, 0.2) is 0 Å². The molecule has 1 aliphatic heterocycles. The number of nitrogens with zero attached hydrogens (tertiary/aromatic N) is 1. The molecule has 1 saturated heterocycles. The Kier molecular flexibility index (Phi) is 4.58. The van der Waals surface area contributed by atoms with Crippen molar-refractivity contribution in [2.24, 2.45) is 0 Å². The van der Waals surface area contributed by atoms with Crippen molar-refractivity contribution in [3.05, 3.63) is 22.4 Å². The molecule has 0 saturated carbocycles. The molecule has 19 heavy (non-hydrogen) atoms. The quantitative estimate of drug-likeness (QED) is 0.914. The fourth-order valence-corrected chi connectivity index (χ4v) is 3.23. The number of hydrogen-bond acceptors (Lipinski definition) is 3. The average Bonchev–Trinajstić information content (AvgIpc) is 2.83. The number of hydrogen-bond donors (Lipinski definition) is 1. The summed E-state index contributed by atoms with van der Waals surface area (Å²) >= 11 is 1.71. The van der Waals surface area contributed by atoms with Crippen LogP contribution < -0.4 is 5.32 Å². The highest BCUT2D eigenvalue weighted by Crippen LogP contribution is 2.17. The summed E-state index contributed by atoms with van der Waals surface area (Å²) in [7, 11) is 0. The highest BCUT2D eigenvalue weighted by Gasteiger charge is 2.31. The molecule has 2 amide bonds. The van der Waals surface area contributed by atoms with Crippen molar-refractivity contribution in [1.82, 2.24) is 10.2 Å². The smallest absolute Gasteiger partial charge is 0.245 e. The van der Waals surface area contributed by atoms with Gasteiger partial charge in [0, 0.05) is 30.3 Å². The van der Waals surface area contributed by atoms with E-state index in [4.69, 9.17) is 0 Å². The van der Waals surface area contributed by atoms with Crippen molar-refractivity contribution in [1.29, 1.82) is 0 Å². The standard InChI is InChI=1S/C14H20N2O2S/c1-3-12-14(18)16(7-6-13(17)15-12)10(2)9-11-5-4-8-19-11/h4-5,8,10,12H,3,6-7,9H2,1-2H3,(H,15,17). The molecule has 2 unspecified atom stereocenters. The third-order valence-corrected chi connectivity index (χ3v) is 4.41. The molecule has 0 radical (unpaired) electrons. The van der Waals surface area contributed by atoms with Crippen LogP contribution in [0.2, 0.25) is 0 Å². The number of rotatable bonds is 4. The van der Waals surface area contributed by atoms with Gasteiger partial charge in [0.2, 0.25) is 11.8 Å². The number of nitrogens with one attached hydrogen (secondary N) is 1. The fraction of sp³-hybridized carbons (Fsp3) is 0.571. The Labute approximate surface area is 117 Å². The average molecular weight is 280 g/mol. The maximum atomic E-state index is 12.4. The van der Waals surface area contributed by atoms with E-state index in [1.807, 2.05) is 23.3 Å². The number of carbonyl (C=O) groups excluding carboxylic acids is 2. The van der Waals surface area contributed by atoms with E-state index in [0.29, 0.717) is 19.4 Å². The van der Waals surface area contributed by atoms with Crippen LogP contribution in [-0.2, 0) is 16.0 Å². The molecule has 0 aliphatic carbocycles. The van der Waals surface area contributed by atoms with E-state index in [0.717, 1.165) is 6.42 Å². The number of thiophene rings is 1. The van der Waals surface area contributed by atoms with Crippen molar-refractivity contribution in [2.75, 3.05) is 6.54 Å². The number of amides is 2. The molecule has 104 valence electrons. The van der Waals surface area contributed by atoms with Gasteiger partial charge < -0.3 is 10.2 Å². The van der Waals surface area contributed by atoms with Crippen LogP contribution in [0.5, 0.6) is 0 Å². The SMILES string of the molecule is CCC1NC(=O)CCN(C(C)Cc2cccs2)C1=O. The monoisotopic (exact) mass is 280 g/mol. The third kappa shape index (κ3) is 3.35. The van der Waals surface area contributed by atoms with Crippen LogP contribution in [0.25, 0.3) is 0 Å². The Hall–Kier alpha value is -1.36. The molecule has 0 aromatic carbocycles. The second-order valence-corrected chi connectivity index (χ2v) is 5.97. The molecule has 0 bridgehead atoms. The lowest BCUT2D eigenvalue weighted by Gasteiger charge is -2.29. The Morgan fingerprint density at radius 1 is 1.53 bits per heavy atom. The van der Waals surface area contributed by atoms with Gasteiger partial charge in [-0.15, -0.1) is 11.3 Å². The van der Waals surface area contributed by atoms with Crippen LogP contribution >= 0.6 is 11.3 Å². The second-order valence-electron chi connectivity index (χ2n) is 4.94. The molecule has 2 atom stereocenters. The van der Waals surface area contributed by atoms with Crippen LogP contribution in [0.1, 0.15) is 31.6 Å². The van der Waals surface area contributed by atoms with E-state index in [9.17, 15) is 9.59 Å². The molecule has 2 rings (SSSR count). The molecule has 1 N–H and O–H groups in total. The van der Waals surface area contributed by atoms with Gasteiger partial charge in [0.1, 0.15) is 6.04 Å². The summed E-state index contributed by atoms with van der Waals surface area (Å²) in [6.45, 7) is 4.50. The normalized spacial score (nSPS) is 22.0. The van der Waals surface area contributed by atoms with E-state index in [-0.39, 0.29) is 23.9 Å². The Bertz CT molecular complexity index is 444. The number of carbonyl (C=O) groups is 2. The highest BCUT2D eigenvalue weighted by atomic mass is 32.1. The molecule has 1 aromatic rings. The van der Waals surface area contributed by atoms with Gasteiger partial charge >= 0.3 is 0 Å². The van der Waals surface area contributed by atoms with Crippen molar-refractivity contribution in [2.45, 2.75) is 45.2 Å². The zero-order valence-corrected chi connectivity index (χ0v) is 12.2. The third-order valence-electron chi connectivity index (χ3n) is 3.51. The molecular formula is C14H20N2O2S. The van der Waals surface area contributed by atoms with Crippen molar-refractivity contribution in [3.63, 3.8) is 0 Å². The van der Waals surface area contributed by atoms with Gasteiger partial charge in [-0.1, -0.05) is 13.0 Å². The van der Waals surface area contributed by atoms with Gasteiger partial charge in [-0.2, -0.15) is 0 Å². The van der Waals surface area contributed by atoms with E-state index in [1.165, 1.54) is 4.88 Å². The first-order chi connectivity index (χ1) is 9.11. The minimum atomic E-state index is -0.360. The summed E-state index contributed by atoms with van der Waals surface area (Å²) < 4.78 is 0. The molecule has 1 fully saturated rings. The van der Waals surface area contributed by atoms with Crippen LogP contribution in [0.3, 0.4) is 0 Å². The summed E-state index contributed by atoms with van der Waals surface area (Å²) in [5.41, 5.74) is 0. The largest absolute Gasteiger partial charge is 0.344 e. The van der Waals surface area contributed by atoms with E-state index in [1.54, 1.807) is 11.3 Å². The van der Waals surface area contributed by atoms with Gasteiger partial charge in [-0.3, -0.25) is 9.59 Å². The molecule has 4 nitrogen and oxygen atoms in total. The molecule has 2 heterocycles. The first-order valence-electron chi connectivity index (χ1n) is 6.74. The lowest BCUT2D eigenvalue weighted by molar-refractivity contribution is -0.135. The predicted molar refractivity (Wildman–Crippen MR) is 76.0 cm³/mol. The lowest BCUT2D eigenvalue weighted by atomic mass is 10.1. The minimum Gasteiger partial charge on any atom is -0.344 e. The van der Waals surface area contributed by atoms with Crippen LogP contribution in [-0.4, -0.2) is 35.3 Å². The van der Waals surface area contributed by atoms with Gasteiger partial charge in [-0.05, 0) is 24.8 Å². The van der Waals surface area contributed by atoms with Crippen molar-refractivity contribution in [3.8, 4) is 0 Å². The van der Waals surface area contributed by atoms with Gasteiger partial charge in [-0.25, -0.2) is 0 Å². The van der Waals surface area contributed by atoms with Crippen LogP contribution in [0.4, 0.5) is 0 Å². The van der Waals surface area contributed by atoms with Crippen molar-refractivity contribution < 1.29 is 9.59 Å². The molecule has 1 aliphatic rings. The van der Waals surface area contributed by atoms with Crippen molar-refractivity contribution >= 4 is 23.2 Å². The Morgan fingerprint density at radius 2 is 2.32 bits per heavy atom. The molecule has 1 aromatic heterocycles. The second kappa shape index (κ2) is 6.19. The summed E-state index contributed by atoms with van der Waals surface area (Å²) in [5, 5.41) is 4.84. The van der Waals surface area contributed by atoms with E-state index in [2.05, 4.69) is 18.3 Å². The Morgan fingerprint density at radius 3 is 2.95 bits per heavy atom. The Balaban J connectivity index is 2.08. The van der Waals surface area contributed by atoms with Crippen LogP contribution in [0.15, 0.2) is 17.5 Å². The minimum absolute atomic E-state index is 0.0222. The molecular weight excluding hydrogens is 260 g/mol. The summed E-state index contributed by atoms with van der Waals surface area (Å²) in [5.74, 6) is 0.0310.